The Bertz CT molecular complexity index is 1090. The highest BCUT2D eigenvalue weighted by Gasteiger charge is 2.48. The molecule has 8 nitrogen and oxygen atoms in total. The van der Waals surface area contributed by atoms with E-state index in [1.54, 1.807) is 24.3 Å². The molecule has 0 saturated heterocycles. The van der Waals surface area contributed by atoms with Gasteiger partial charge in [0.1, 0.15) is 6.10 Å². The monoisotopic (exact) mass is 459 g/mol. The van der Waals surface area contributed by atoms with Crippen molar-refractivity contribution >= 4 is 21.8 Å². The van der Waals surface area contributed by atoms with Gasteiger partial charge in [0, 0.05) is 12.1 Å². The largest absolute Gasteiger partial charge is 0.459 e. The Morgan fingerprint density at radius 3 is 2.16 bits per heavy atom. The third-order valence-electron chi connectivity index (χ3n) is 6.47. The number of hydrogen-bond donors (Lipinski definition) is 0. The molecule has 0 aliphatic heterocycles. The molecule has 2 fully saturated rings. The fraction of sp³-hybridized carbons (Fsp3) is 0.435. The zero-order chi connectivity index (χ0) is 22.9. The van der Waals surface area contributed by atoms with Crippen molar-refractivity contribution in [3.63, 3.8) is 0 Å². The van der Waals surface area contributed by atoms with Crippen LogP contribution in [0.25, 0.3) is 0 Å². The molecule has 32 heavy (non-hydrogen) atoms. The van der Waals surface area contributed by atoms with Crippen molar-refractivity contribution in [2.75, 3.05) is 0 Å². The Morgan fingerprint density at radius 1 is 1.00 bits per heavy atom. The highest BCUT2D eigenvalue weighted by atomic mass is 32.2. The fourth-order valence-electron chi connectivity index (χ4n) is 4.58. The van der Waals surface area contributed by atoms with Gasteiger partial charge in [-0.1, -0.05) is 17.7 Å². The lowest BCUT2D eigenvalue weighted by atomic mass is 9.59. The molecule has 0 N–H and O–H groups in total. The van der Waals surface area contributed by atoms with Crippen molar-refractivity contribution in [1.29, 1.82) is 0 Å². The van der Waals surface area contributed by atoms with Gasteiger partial charge in [-0.15, -0.1) is 0 Å². The number of aryl methyl sites for hydroxylation is 1. The van der Waals surface area contributed by atoms with Crippen LogP contribution < -0.4 is 0 Å². The van der Waals surface area contributed by atoms with Crippen LogP contribution in [0.15, 0.2) is 53.4 Å². The Hall–Kier alpha value is -2.78. The van der Waals surface area contributed by atoms with E-state index in [9.17, 15) is 23.3 Å². The van der Waals surface area contributed by atoms with E-state index in [2.05, 4.69) is 0 Å². The third kappa shape index (κ3) is 4.83. The number of nitrogens with zero attached hydrogens (tertiary/aromatic N) is 1. The molecule has 9 heteroatoms. The summed E-state index contributed by atoms with van der Waals surface area (Å²) >= 11 is 0. The van der Waals surface area contributed by atoms with Crippen LogP contribution in [0, 0.1) is 22.5 Å². The molecule has 0 bridgehead atoms. The summed E-state index contributed by atoms with van der Waals surface area (Å²) in [6, 6.07) is 12.0. The summed E-state index contributed by atoms with van der Waals surface area (Å²) in [5, 5.41) is 10.7. The van der Waals surface area contributed by atoms with E-state index in [1.807, 2.05) is 6.92 Å². The molecule has 170 valence electrons. The van der Waals surface area contributed by atoms with E-state index < -0.39 is 21.0 Å². The van der Waals surface area contributed by atoms with Gasteiger partial charge >= 0.3 is 5.97 Å². The van der Waals surface area contributed by atoms with E-state index in [4.69, 9.17) is 8.92 Å². The predicted molar refractivity (Wildman–Crippen MR) is 116 cm³/mol. The Balaban J connectivity index is 1.25. The first-order chi connectivity index (χ1) is 15.2. The Kier molecular flexibility index (Phi) is 6.05. The van der Waals surface area contributed by atoms with Crippen LogP contribution in [-0.2, 0) is 19.0 Å². The predicted octanol–water partition coefficient (Wildman–Crippen LogP) is 4.56. The van der Waals surface area contributed by atoms with E-state index >= 15 is 0 Å². The summed E-state index contributed by atoms with van der Waals surface area (Å²) in [5.41, 5.74) is 1.26. The molecule has 0 amide bonds. The number of carbonyl (C=O) groups excluding carboxylic acids is 1. The molecule has 2 aromatic rings. The normalized spacial score (nSPS) is 25.2. The van der Waals surface area contributed by atoms with E-state index in [-0.39, 0.29) is 33.8 Å². The number of nitro groups is 1. The van der Waals surface area contributed by atoms with Crippen LogP contribution in [0.1, 0.15) is 54.4 Å². The molecule has 1 spiro atoms. The molecule has 2 aliphatic rings. The number of nitro benzene ring substituents is 1. The number of carbonyl (C=O) groups is 1. The first-order valence-electron chi connectivity index (χ1n) is 10.6. The van der Waals surface area contributed by atoms with Crippen molar-refractivity contribution in [1.82, 2.24) is 0 Å². The standard InChI is InChI=1S/C23H25NO7S/c1-16-2-8-21(9-3-16)32(28,29)31-19-10-12-23(13-11-19)14-20(15-23)30-22(25)17-4-6-18(7-5-17)24(26)27/h2-9,19-20H,10-15H2,1H3. The van der Waals surface area contributed by atoms with Crippen LogP contribution in [0.2, 0.25) is 0 Å². The molecule has 0 radical (unpaired) electrons. The van der Waals surface area contributed by atoms with Gasteiger partial charge in [0.25, 0.3) is 15.8 Å². The number of non-ortho nitro benzene ring substituents is 1. The van der Waals surface area contributed by atoms with Gasteiger partial charge in [-0.25, -0.2) is 4.79 Å². The second kappa shape index (κ2) is 8.63. The van der Waals surface area contributed by atoms with Crippen molar-refractivity contribution in [2.24, 2.45) is 5.41 Å². The fourth-order valence-corrected chi connectivity index (χ4v) is 5.71. The summed E-state index contributed by atoms with van der Waals surface area (Å²) in [5.74, 6) is -0.485. The van der Waals surface area contributed by atoms with Crippen molar-refractivity contribution < 1.29 is 27.1 Å². The molecular formula is C23H25NO7S. The number of rotatable bonds is 6. The number of hydrogen-bond acceptors (Lipinski definition) is 7. The van der Waals surface area contributed by atoms with Gasteiger partial charge < -0.3 is 4.74 Å². The summed E-state index contributed by atoms with van der Waals surface area (Å²) < 4.78 is 36.0. The maximum absolute atomic E-state index is 12.5. The molecule has 0 atom stereocenters. The molecular weight excluding hydrogens is 434 g/mol. The Labute approximate surface area is 186 Å². The zero-order valence-corrected chi connectivity index (χ0v) is 18.5. The molecule has 2 aromatic carbocycles. The molecule has 0 unspecified atom stereocenters. The number of benzene rings is 2. The second-order valence-corrected chi connectivity index (χ2v) is 10.4. The van der Waals surface area contributed by atoms with Gasteiger partial charge in [0.15, 0.2) is 0 Å². The lowest BCUT2D eigenvalue weighted by molar-refractivity contribution is -0.384. The first-order valence-corrected chi connectivity index (χ1v) is 12.0. The van der Waals surface area contributed by atoms with E-state index in [1.165, 1.54) is 24.3 Å². The van der Waals surface area contributed by atoms with Gasteiger partial charge in [-0.3, -0.25) is 14.3 Å². The Morgan fingerprint density at radius 2 is 1.59 bits per heavy atom. The van der Waals surface area contributed by atoms with Gasteiger partial charge in [0.05, 0.1) is 21.5 Å². The summed E-state index contributed by atoms with van der Waals surface area (Å²) in [7, 11) is -3.78. The average Bonchev–Trinajstić information content (AvgIpc) is 2.74. The maximum atomic E-state index is 12.5. The molecule has 2 saturated carbocycles. The maximum Gasteiger partial charge on any atom is 0.338 e. The molecule has 2 aliphatic carbocycles. The summed E-state index contributed by atoms with van der Waals surface area (Å²) in [4.78, 5) is 22.7. The third-order valence-corrected chi connectivity index (χ3v) is 7.85. The quantitative estimate of drug-likeness (QED) is 0.269. The minimum atomic E-state index is -3.78. The minimum absolute atomic E-state index is 0.0634. The van der Waals surface area contributed by atoms with Crippen LogP contribution in [0.4, 0.5) is 5.69 Å². The van der Waals surface area contributed by atoms with Crippen molar-refractivity contribution in [3.05, 3.63) is 69.8 Å². The first kappa shape index (κ1) is 22.4. The van der Waals surface area contributed by atoms with E-state index in [0.29, 0.717) is 12.8 Å². The molecule has 0 aromatic heterocycles. The summed E-state index contributed by atoms with van der Waals surface area (Å²) in [6.45, 7) is 1.90. The van der Waals surface area contributed by atoms with Gasteiger partial charge in [-0.05, 0) is 75.1 Å². The number of esters is 1. The summed E-state index contributed by atoms with van der Waals surface area (Å²) in [6.07, 6.45) is 3.90. The van der Waals surface area contributed by atoms with Crippen LogP contribution >= 0.6 is 0 Å². The lowest BCUT2D eigenvalue weighted by Crippen LogP contribution is -2.46. The topological polar surface area (TPSA) is 113 Å². The molecule has 0 heterocycles. The minimum Gasteiger partial charge on any atom is -0.459 e. The van der Waals surface area contributed by atoms with Crippen molar-refractivity contribution in [3.8, 4) is 0 Å². The van der Waals surface area contributed by atoms with E-state index in [0.717, 1.165) is 31.2 Å². The highest BCUT2D eigenvalue weighted by molar-refractivity contribution is 7.86. The molecule has 4 rings (SSSR count). The smallest absolute Gasteiger partial charge is 0.338 e. The SMILES string of the molecule is Cc1ccc(S(=O)(=O)OC2CCC3(CC2)CC(OC(=O)c2ccc([N+](=O)[O-])cc2)C3)cc1. The van der Waals surface area contributed by atoms with Crippen LogP contribution in [-0.4, -0.2) is 31.5 Å². The lowest BCUT2D eigenvalue weighted by Gasteiger charge is -2.50. The average molecular weight is 460 g/mol. The second-order valence-electron chi connectivity index (χ2n) is 8.80. The number of ether oxygens (including phenoxy) is 1. The van der Waals surface area contributed by atoms with Gasteiger partial charge in [0.2, 0.25) is 0 Å². The zero-order valence-electron chi connectivity index (χ0n) is 17.7. The van der Waals surface area contributed by atoms with Crippen LogP contribution in [0.5, 0.6) is 0 Å². The highest BCUT2D eigenvalue weighted by Crippen LogP contribution is 2.53. The van der Waals surface area contributed by atoms with Crippen molar-refractivity contribution in [2.45, 2.75) is 62.6 Å². The van der Waals surface area contributed by atoms with Crippen LogP contribution in [0.3, 0.4) is 0 Å². The van der Waals surface area contributed by atoms with Gasteiger partial charge in [-0.2, -0.15) is 8.42 Å².